The zero-order valence-corrected chi connectivity index (χ0v) is 18.8. The highest BCUT2D eigenvalue weighted by atomic mass is 35.5. The largest absolute Gasteiger partial charge is 0.369 e. The molecule has 0 aliphatic rings. The molecule has 6 nitrogen and oxygen atoms in total. The Morgan fingerprint density at radius 1 is 0.800 bits per heavy atom. The van der Waals surface area contributed by atoms with E-state index in [1.807, 2.05) is 38.4 Å². The second-order valence-electron chi connectivity index (χ2n) is 7.12. The summed E-state index contributed by atoms with van der Waals surface area (Å²) in [6.45, 7) is 1.76. The summed E-state index contributed by atoms with van der Waals surface area (Å²) in [6.07, 6.45) is 0.270. The second-order valence-corrected chi connectivity index (χ2v) is 7.88. The Morgan fingerprint density at radius 3 is 1.77 bits per heavy atom. The molecule has 30 heavy (non-hydrogen) atoms. The lowest BCUT2D eigenvalue weighted by Crippen LogP contribution is -2.27. The average molecular weight is 451 g/mol. The number of amides is 2. The Morgan fingerprint density at radius 2 is 1.30 bits per heavy atom. The van der Waals surface area contributed by atoms with E-state index in [9.17, 15) is 9.59 Å². The average Bonchev–Trinajstić information content (AvgIpc) is 2.69. The summed E-state index contributed by atoms with van der Waals surface area (Å²) in [7, 11) is 3.67. The zero-order valence-electron chi connectivity index (χ0n) is 17.3. The van der Waals surface area contributed by atoms with Gasteiger partial charge < -0.3 is 20.4 Å². The monoisotopic (exact) mass is 450 g/mol. The first kappa shape index (κ1) is 24.0. The maximum Gasteiger partial charge on any atom is 0.238 e. The Labute approximate surface area is 188 Å². The number of benzene rings is 2. The molecule has 0 aliphatic heterocycles. The fraction of sp³-hybridized carbons (Fsp3) is 0.364. The molecule has 8 heteroatoms. The molecule has 2 N–H and O–H groups in total. The summed E-state index contributed by atoms with van der Waals surface area (Å²) in [5.74, 6) is 0.861. The SMILES string of the molecule is CN(C)CC(=O)Nc1ccc(NC(=O)Cc2ccc(N(CCCl)CCCl)cc2)cc1. The Bertz CT molecular complexity index is 805. The number of anilines is 3. The van der Waals surface area contributed by atoms with Gasteiger partial charge in [-0.3, -0.25) is 9.59 Å². The molecule has 2 amide bonds. The molecule has 0 saturated carbocycles. The van der Waals surface area contributed by atoms with Crippen molar-refractivity contribution in [3.63, 3.8) is 0 Å². The number of hydrogen-bond acceptors (Lipinski definition) is 4. The highest BCUT2D eigenvalue weighted by Gasteiger charge is 2.08. The maximum absolute atomic E-state index is 12.4. The van der Waals surface area contributed by atoms with Gasteiger partial charge in [-0.15, -0.1) is 23.2 Å². The summed E-state index contributed by atoms with van der Waals surface area (Å²) in [5.41, 5.74) is 3.32. The third-order valence-corrected chi connectivity index (χ3v) is 4.63. The van der Waals surface area contributed by atoms with Gasteiger partial charge >= 0.3 is 0 Å². The molecular formula is C22H28Cl2N4O2. The minimum atomic E-state index is -0.106. The minimum absolute atomic E-state index is 0.0871. The van der Waals surface area contributed by atoms with Crippen LogP contribution in [0.1, 0.15) is 5.56 Å². The van der Waals surface area contributed by atoms with E-state index in [4.69, 9.17) is 23.2 Å². The molecule has 0 spiro atoms. The molecule has 0 saturated heterocycles. The first-order chi connectivity index (χ1) is 14.4. The highest BCUT2D eigenvalue weighted by molar-refractivity contribution is 6.18. The van der Waals surface area contributed by atoms with Crippen LogP contribution in [0.2, 0.25) is 0 Å². The van der Waals surface area contributed by atoms with Crippen LogP contribution in [-0.4, -0.2) is 62.2 Å². The van der Waals surface area contributed by atoms with E-state index in [0.717, 1.165) is 24.3 Å². The van der Waals surface area contributed by atoms with E-state index in [1.165, 1.54) is 0 Å². The molecule has 0 heterocycles. The molecule has 0 unspecified atom stereocenters. The van der Waals surface area contributed by atoms with Crippen molar-refractivity contribution in [2.75, 3.05) is 61.0 Å². The predicted molar refractivity (Wildman–Crippen MR) is 126 cm³/mol. The van der Waals surface area contributed by atoms with Crippen molar-refractivity contribution < 1.29 is 9.59 Å². The van der Waals surface area contributed by atoms with Crippen LogP contribution in [0.15, 0.2) is 48.5 Å². The quantitative estimate of drug-likeness (QED) is 0.512. The van der Waals surface area contributed by atoms with Crippen molar-refractivity contribution in [1.29, 1.82) is 0 Å². The minimum Gasteiger partial charge on any atom is -0.369 e. The topological polar surface area (TPSA) is 64.7 Å². The van der Waals surface area contributed by atoms with Crippen LogP contribution in [0, 0.1) is 0 Å². The summed E-state index contributed by atoms with van der Waals surface area (Å²) >= 11 is 11.7. The number of alkyl halides is 2. The smallest absolute Gasteiger partial charge is 0.238 e. The number of halogens is 2. The van der Waals surface area contributed by atoms with Gasteiger partial charge in [-0.25, -0.2) is 0 Å². The lowest BCUT2D eigenvalue weighted by atomic mass is 10.1. The summed E-state index contributed by atoms with van der Waals surface area (Å²) in [4.78, 5) is 28.1. The Kier molecular flexibility index (Phi) is 9.94. The van der Waals surface area contributed by atoms with Crippen molar-refractivity contribution in [3.05, 3.63) is 54.1 Å². The van der Waals surface area contributed by atoms with Crippen molar-refractivity contribution in [1.82, 2.24) is 4.90 Å². The van der Waals surface area contributed by atoms with E-state index in [0.29, 0.717) is 29.7 Å². The molecule has 0 aliphatic carbocycles. The fourth-order valence-corrected chi connectivity index (χ4v) is 3.32. The standard InChI is InChI=1S/C22H28Cl2N4O2/c1-27(2)16-22(30)26-19-7-5-18(6-8-19)25-21(29)15-17-3-9-20(10-4-17)28(13-11-23)14-12-24/h3-10H,11-16H2,1-2H3,(H,25,29)(H,26,30). The van der Waals surface area contributed by atoms with Crippen molar-refractivity contribution in [3.8, 4) is 0 Å². The van der Waals surface area contributed by atoms with Gasteiger partial charge in [0.25, 0.3) is 0 Å². The molecular weight excluding hydrogens is 423 g/mol. The van der Waals surface area contributed by atoms with Crippen LogP contribution >= 0.6 is 23.2 Å². The third kappa shape index (κ3) is 8.22. The van der Waals surface area contributed by atoms with E-state index in [1.54, 1.807) is 29.2 Å². The summed E-state index contributed by atoms with van der Waals surface area (Å²) in [6, 6.07) is 14.9. The fourth-order valence-electron chi connectivity index (χ4n) is 2.91. The molecule has 2 aromatic rings. The first-order valence-electron chi connectivity index (χ1n) is 9.71. The number of rotatable bonds is 11. The van der Waals surface area contributed by atoms with Gasteiger partial charge in [0.2, 0.25) is 11.8 Å². The number of nitrogens with zero attached hydrogens (tertiary/aromatic N) is 2. The number of hydrogen-bond donors (Lipinski definition) is 2. The van der Waals surface area contributed by atoms with Gasteiger partial charge in [0.15, 0.2) is 0 Å². The number of carbonyl (C=O) groups is 2. The number of likely N-dealkylation sites (N-methyl/N-ethyl adjacent to an activating group) is 1. The second kappa shape index (κ2) is 12.4. The molecule has 0 aromatic heterocycles. The lowest BCUT2D eigenvalue weighted by Gasteiger charge is -2.23. The van der Waals surface area contributed by atoms with E-state index in [2.05, 4.69) is 15.5 Å². The lowest BCUT2D eigenvalue weighted by molar-refractivity contribution is -0.117. The van der Waals surface area contributed by atoms with Gasteiger partial charge in [-0.1, -0.05) is 12.1 Å². The van der Waals surface area contributed by atoms with E-state index < -0.39 is 0 Å². The van der Waals surface area contributed by atoms with E-state index in [-0.39, 0.29) is 18.2 Å². The van der Waals surface area contributed by atoms with Gasteiger partial charge in [0.05, 0.1) is 13.0 Å². The molecule has 0 atom stereocenters. The Hall–Kier alpha value is -2.28. The van der Waals surface area contributed by atoms with Gasteiger partial charge in [-0.05, 0) is 56.1 Å². The first-order valence-corrected chi connectivity index (χ1v) is 10.8. The van der Waals surface area contributed by atoms with Crippen LogP contribution in [0.25, 0.3) is 0 Å². The molecule has 0 radical (unpaired) electrons. The molecule has 2 aromatic carbocycles. The number of carbonyl (C=O) groups excluding carboxylic acids is 2. The number of nitrogens with one attached hydrogen (secondary N) is 2. The normalized spacial score (nSPS) is 10.7. The molecule has 162 valence electrons. The Balaban J connectivity index is 1.88. The highest BCUT2D eigenvalue weighted by Crippen LogP contribution is 2.17. The van der Waals surface area contributed by atoms with Crippen LogP contribution in [0.5, 0.6) is 0 Å². The summed E-state index contributed by atoms with van der Waals surface area (Å²) in [5, 5.41) is 5.69. The molecule has 0 bridgehead atoms. The van der Waals surface area contributed by atoms with Gasteiger partial charge in [0.1, 0.15) is 0 Å². The van der Waals surface area contributed by atoms with Crippen LogP contribution in [-0.2, 0) is 16.0 Å². The van der Waals surface area contributed by atoms with Crippen molar-refractivity contribution in [2.24, 2.45) is 0 Å². The molecule has 0 fully saturated rings. The van der Waals surface area contributed by atoms with Crippen LogP contribution in [0.4, 0.5) is 17.1 Å². The van der Waals surface area contributed by atoms with Crippen molar-refractivity contribution in [2.45, 2.75) is 6.42 Å². The van der Waals surface area contributed by atoms with Crippen LogP contribution < -0.4 is 15.5 Å². The maximum atomic E-state index is 12.4. The van der Waals surface area contributed by atoms with Crippen molar-refractivity contribution >= 4 is 52.1 Å². The van der Waals surface area contributed by atoms with Gasteiger partial charge in [0, 0.05) is 41.9 Å². The van der Waals surface area contributed by atoms with Crippen LogP contribution in [0.3, 0.4) is 0 Å². The predicted octanol–water partition coefficient (Wildman–Crippen LogP) is 3.65. The molecule has 2 rings (SSSR count). The summed E-state index contributed by atoms with van der Waals surface area (Å²) < 4.78 is 0. The van der Waals surface area contributed by atoms with E-state index >= 15 is 0 Å². The zero-order chi connectivity index (χ0) is 21.9. The van der Waals surface area contributed by atoms with Gasteiger partial charge in [-0.2, -0.15) is 0 Å². The third-order valence-electron chi connectivity index (χ3n) is 4.29.